The van der Waals surface area contributed by atoms with E-state index in [0.717, 1.165) is 26.0 Å². The quantitative estimate of drug-likeness (QED) is 0.443. The summed E-state index contributed by atoms with van der Waals surface area (Å²) >= 11 is 0. The van der Waals surface area contributed by atoms with Gasteiger partial charge in [-0.15, -0.1) is 0 Å². The third-order valence-corrected chi connectivity index (χ3v) is 1.89. The molecule has 4 nitrogen and oxygen atoms in total. The molecular weight excluding hydrogens is 194 g/mol. The summed E-state index contributed by atoms with van der Waals surface area (Å²) in [6.07, 6.45) is 2.62. The average molecular weight is 217 g/mol. The number of hydrogen-bond acceptors (Lipinski definition) is 4. The lowest BCUT2D eigenvalue weighted by Gasteiger charge is -2.05. The lowest BCUT2D eigenvalue weighted by molar-refractivity contribution is -0.145. The zero-order valence-electron chi connectivity index (χ0n) is 9.88. The van der Waals surface area contributed by atoms with Crippen molar-refractivity contribution in [3.63, 3.8) is 0 Å². The van der Waals surface area contributed by atoms with Crippen molar-refractivity contribution in [1.29, 1.82) is 0 Å². The number of esters is 1. The third-order valence-electron chi connectivity index (χ3n) is 1.89. The minimum Gasteiger partial charge on any atom is -0.463 e. The molecule has 0 amide bonds. The fraction of sp³-hybridized carbons (Fsp3) is 0.909. The van der Waals surface area contributed by atoms with Crippen LogP contribution in [-0.2, 0) is 14.3 Å². The van der Waals surface area contributed by atoms with Gasteiger partial charge in [-0.25, -0.2) is 0 Å². The summed E-state index contributed by atoms with van der Waals surface area (Å²) in [7, 11) is 0. The van der Waals surface area contributed by atoms with Crippen molar-refractivity contribution >= 4 is 5.97 Å². The van der Waals surface area contributed by atoms with Crippen LogP contribution in [0.3, 0.4) is 0 Å². The minimum absolute atomic E-state index is 0.157. The van der Waals surface area contributed by atoms with E-state index in [1.165, 1.54) is 0 Å². The molecule has 0 aromatic heterocycles. The van der Waals surface area contributed by atoms with Crippen molar-refractivity contribution in [1.82, 2.24) is 5.32 Å². The lowest BCUT2D eigenvalue weighted by Crippen LogP contribution is -2.19. The summed E-state index contributed by atoms with van der Waals surface area (Å²) in [5.41, 5.74) is 0. The van der Waals surface area contributed by atoms with Gasteiger partial charge in [0.25, 0.3) is 0 Å². The number of ether oxygens (including phenoxy) is 2. The molecule has 0 aromatic carbocycles. The number of hydrogen-bond donors (Lipinski definition) is 1. The zero-order chi connectivity index (χ0) is 11.4. The molecule has 0 heterocycles. The molecule has 0 bridgehead atoms. The molecule has 0 spiro atoms. The van der Waals surface area contributed by atoms with Crippen LogP contribution in [0.25, 0.3) is 0 Å². The molecule has 0 rings (SSSR count). The van der Waals surface area contributed by atoms with Crippen LogP contribution in [-0.4, -0.2) is 38.9 Å². The molecule has 0 atom stereocenters. The maximum absolute atomic E-state index is 11.1. The second kappa shape index (κ2) is 11.5. The van der Waals surface area contributed by atoms with Crippen molar-refractivity contribution in [2.75, 3.05) is 32.9 Å². The molecule has 0 aromatic rings. The van der Waals surface area contributed by atoms with Crippen molar-refractivity contribution in [2.45, 2.75) is 33.1 Å². The molecule has 0 aliphatic carbocycles. The fourth-order valence-electron chi connectivity index (χ4n) is 1.00. The summed E-state index contributed by atoms with van der Waals surface area (Å²) in [5.74, 6) is -0.157. The molecule has 0 unspecified atom stereocenters. The molecule has 0 saturated heterocycles. The van der Waals surface area contributed by atoms with Crippen LogP contribution in [0.15, 0.2) is 0 Å². The van der Waals surface area contributed by atoms with Gasteiger partial charge in [0.05, 0.1) is 13.0 Å². The molecule has 0 fully saturated rings. The topological polar surface area (TPSA) is 47.6 Å². The van der Waals surface area contributed by atoms with Gasteiger partial charge in [0.15, 0.2) is 0 Å². The van der Waals surface area contributed by atoms with E-state index in [2.05, 4.69) is 12.2 Å². The Kier molecular flexibility index (Phi) is 11.0. The highest BCUT2D eigenvalue weighted by Gasteiger charge is 2.00. The third kappa shape index (κ3) is 11.3. The van der Waals surface area contributed by atoms with Crippen LogP contribution in [0.2, 0.25) is 0 Å². The Hall–Kier alpha value is -0.610. The first kappa shape index (κ1) is 14.4. The van der Waals surface area contributed by atoms with E-state index in [1.54, 1.807) is 0 Å². The smallest absolute Gasteiger partial charge is 0.307 e. The van der Waals surface area contributed by atoms with Gasteiger partial charge in [-0.3, -0.25) is 4.79 Å². The van der Waals surface area contributed by atoms with Crippen molar-refractivity contribution in [2.24, 2.45) is 0 Å². The van der Waals surface area contributed by atoms with Gasteiger partial charge in [0, 0.05) is 13.2 Å². The SMILES string of the molecule is CCCCOCCOC(=O)CCNCC. The van der Waals surface area contributed by atoms with Crippen LogP contribution in [0.4, 0.5) is 0 Å². The van der Waals surface area contributed by atoms with Crippen molar-refractivity contribution < 1.29 is 14.3 Å². The van der Waals surface area contributed by atoms with Gasteiger partial charge in [-0.2, -0.15) is 0 Å². The Morgan fingerprint density at radius 3 is 2.67 bits per heavy atom. The van der Waals surface area contributed by atoms with Crippen molar-refractivity contribution in [3.8, 4) is 0 Å². The largest absolute Gasteiger partial charge is 0.463 e. The second-order valence-corrected chi connectivity index (χ2v) is 3.29. The molecule has 15 heavy (non-hydrogen) atoms. The minimum atomic E-state index is -0.157. The number of nitrogens with one attached hydrogen (secondary N) is 1. The van der Waals surface area contributed by atoms with Gasteiger partial charge in [-0.05, 0) is 13.0 Å². The van der Waals surface area contributed by atoms with Crippen molar-refractivity contribution in [3.05, 3.63) is 0 Å². The summed E-state index contributed by atoms with van der Waals surface area (Å²) in [4.78, 5) is 11.1. The van der Waals surface area contributed by atoms with E-state index < -0.39 is 0 Å². The Labute approximate surface area is 92.3 Å². The van der Waals surface area contributed by atoms with Crippen LogP contribution in [0.5, 0.6) is 0 Å². The van der Waals surface area contributed by atoms with E-state index in [1.807, 2.05) is 6.92 Å². The van der Waals surface area contributed by atoms with E-state index in [9.17, 15) is 4.79 Å². The van der Waals surface area contributed by atoms with Crippen LogP contribution in [0.1, 0.15) is 33.1 Å². The molecular formula is C11H23NO3. The first-order valence-electron chi connectivity index (χ1n) is 5.75. The Morgan fingerprint density at radius 1 is 1.20 bits per heavy atom. The average Bonchev–Trinajstić information content (AvgIpc) is 2.23. The summed E-state index contributed by atoms with van der Waals surface area (Å²) < 4.78 is 10.2. The molecule has 0 radical (unpaired) electrons. The van der Waals surface area contributed by atoms with Crippen LogP contribution < -0.4 is 5.32 Å². The van der Waals surface area contributed by atoms with Gasteiger partial charge in [0.2, 0.25) is 0 Å². The maximum atomic E-state index is 11.1. The van der Waals surface area contributed by atoms with E-state index in [4.69, 9.17) is 9.47 Å². The molecule has 0 aliphatic rings. The Morgan fingerprint density at radius 2 is 2.00 bits per heavy atom. The van der Waals surface area contributed by atoms with Gasteiger partial charge >= 0.3 is 5.97 Å². The Balaban J connectivity index is 3.10. The first-order valence-corrected chi connectivity index (χ1v) is 5.75. The highest BCUT2D eigenvalue weighted by molar-refractivity contribution is 5.69. The van der Waals surface area contributed by atoms with E-state index in [-0.39, 0.29) is 5.97 Å². The second-order valence-electron chi connectivity index (χ2n) is 3.29. The fourth-order valence-corrected chi connectivity index (χ4v) is 1.00. The predicted octanol–water partition coefficient (Wildman–Crippen LogP) is 1.35. The molecule has 0 saturated carbocycles. The molecule has 0 aliphatic heterocycles. The monoisotopic (exact) mass is 217 g/mol. The zero-order valence-corrected chi connectivity index (χ0v) is 9.88. The normalized spacial score (nSPS) is 10.3. The number of carbonyl (C=O) groups is 1. The predicted molar refractivity (Wildman–Crippen MR) is 59.8 cm³/mol. The molecule has 1 N–H and O–H groups in total. The summed E-state index contributed by atoms with van der Waals surface area (Å²) in [6.45, 7) is 7.32. The highest BCUT2D eigenvalue weighted by atomic mass is 16.6. The number of carbonyl (C=O) groups excluding carboxylic acids is 1. The Bertz CT molecular complexity index is 151. The standard InChI is InChI=1S/C11H23NO3/c1-3-5-8-14-9-10-15-11(13)6-7-12-4-2/h12H,3-10H2,1-2H3. The maximum Gasteiger partial charge on any atom is 0.307 e. The first-order chi connectivity index (χ1) is 7.31. The summed E-state index contributed by atoms with van der Waals surface area (Å²) in [5, 5.41) is 3.07. The molecule has 90 valence electrons. The highest BCUT2D eigenvalue weighted by Crippen LogP contribution is 1.89. The number of rotatable bonds is 10. The summed E-state index contributed by atoms with van der Waals surface area (Å²) in [6, 6.07) is 0. The molecule has 4 heteroatoms. The lowest BCUT2D eigenvalue weighted by atomic mass is 10.4. The van der Waals surface area contributed by atoms with Crippen LogP contribution >= 0.6 is 0 Å². The van der Waals surface area contributed by atoms with Gasteiger partial charge in [0.1, 0.15) is 6.61 Å². The number of unbranched alkanes of at least 4 members (excludes halogenated alkanes) is 1. The van der Waals surface area contributed by atoms with Gasteiger partial charge in [-0.1, -0.05) is 20.3 Å². The van der Waals surface area contributed by atoms with Gasteiger partial charge < -0.3 is 14.8 Å². The van der Waals surface area contributed by atoms with E-state index in [0.29, 0.717) is 26.2 Å². The van der Waals surface area contributed by atoms with Crippen LogP contribution in [0, 0.1) is 0 Å². The van der Waals surface area contributed by atoms with E-state index >= 15 is 0 Å².